The van der Waals surface area contributed by atoms with Crippen LogP contribution in [0.1, 0.15) is 5.56 Å². The predicted molar refractivity (Wildman–Crippen MR) is 64.6 cm³/mol. The summed E-state index contributed by atoms with van der Waals surface area (Å²) >= 11 is 2.15. The first-order valence-corrected chi connectivity index (χ1v) is 6.98. The molecule has 1 aromatic heterocycles. The van der Waals surface area contributed by atoms with Gasteiger partial charge in [-0.25, -0.2) is 4.98 Å². The Morgan fingerprint density at radius 2 is 2.38 bits per heavy atom. The topological polar surface area (TPSA) is 28.7 Å². The van der Waals surface area contributed by atoms with E-state index in [1.807, 2.05) is 18.2 Å². The minimum Gasteiger partial charge on any atom is -0.345 e. The lowest BCUT2D eigenvalue weighted by Gasteiger charge is -1.89. The number of hydrogen-bond donors (Lipinski definition) is 1. The molecule has 0 atom stereocenters. The summed E-state index contributed by atoms with van der Waals surface area (Å²) in [5.74, 6) is 3.03. The molecule has 0 bridgehead atoms. The molecule has 0 fully saturated rings. The molecule has 64 valence electrons. The summed E-state index contributed by atoms with van der Waals surface area (Å²) < 4.78 is 0. The fraction of sp³-hybridized carbons (Fsp3) is 0. The number of imidazole rings is 1. The lowest BCUT2D eigenvalue weighted by Crippen LogP contribution is -1.74. The van der Waals surface area contributed by atoms with Crippen molar-refractivity contribution in [1.82, 2.24) is 9.97 Å². The Hall–Kier alpha value is -0.670. The second kappa shape index (κ2) is 4.03. The van der Waals surface area contributed by atoms with Gasteiger partial charge in [0.05, 0.1) is 17.4 Å². The van der Waals surface area contributed by atoms with Crippen LogP contribution in [0, 0.1) is 11.2 Å². The molecule has 1 heterocycles. The second-order valence-electron chi connectivity index (χ2n) is 2.44. The second-order valence-corrected chi connectivity index (χ2v) is 4.12. The molecular weight excluding hydrogens is 295 g/mol. The van der Waals surface area contributed by atoms with Crippen molar-refractivity contribution < 1.29 is 0 Å². The van der Waals surface area contributed by atoms with Gasteiger partial charge in [0.2, 0.25) is 0 Å². The van der Waals surface area contributed by atoms with Crippen molar-refractivity contribution in [3.05, 3.63) is 30.1 Å². The number of H-pyrrole nitrogens is 1. The van der Waals surface area contributed by atoms with E-state index in [0.29, 0.717) is 0 Å². The largest absolute Gasteiger partial charge is 0.345 e. The normalized spacial score (nSPS) is 9.62. The van der Waals surface area contributed by atoms with Crippen molar-refractivity contribution in [2.24, 2.45) is 0 Å². The van der Waals surface area contributed by atoms with Crippen LogP contribution in [0.5, 0.6) is 0 Å². The van der Waals surface area contributed by atoms with Gasteiger partial charge < -0.3 is 4.98 Å². The van der Waals surface area contributed by atoms with Crippen LogP contribution in [0.3, 0.4) is 0 Å². The highest BCUT2D eigenvalue weighted by Crippen LogP contribution is 2.12. The Bertz CT molecular complexity index is 481. The van der Waals surface area contributed by atoms with E-state index in [4.69, 9.17) is 0 Å². The van der Waals surface area contributed by atoms with Gasteiger partial charge in [0, 0.05) is 26.8 Å². The van der Waals surface area contributed by atoms with Gasteiger partial charge in [-0.15, -0.1) is 0 Å². The predicted octanol–water partition coefficient (Wildman–Crippen LogP) is 2.96. The Morgan fingerprint density at radius 1 is 1.46 bits per heavy atom. The Morgan fingerprint density at radius 3 is 3.23 bits per heavy atom. The molecule has 0 unspecified atom stereocenters. The van der Waals surface area contributed by atoms with E-state index in [1.54, 1.807) is 6.33 Å². The van der Waals surface area contributed by atoms with Crippen LogP contribution in [0.25, 0.3) is 11.0 Å². The number of nitrogens with one attached hydrogen (secondary N) is 1. The molecule has 4 heteroatoms. The SMILES string of the molecule is ISC#Cc1ccc2nc[nH]c2c1. The maximum Gasteiger partial charge on any atom is 0.0931 e. The van der Waals surface area contributed by atoms with Crippen LogP contribution in [0.4, 0.5) is 0 Å². The average molecular weight is 300 g/mol. The third-order valence-electron chi connectivity index (χ3n) is 1.65. The van der Waals surface area contributed by atoms with Gasteiger partial charge in [-0.05, 0) is 32.4 Å². The number of benzene rings is 1. The number of rotatable bonds is 0. The standard InChI is InChI=1S/C9H5IN2S/c10-13-4-3-7-1-2-8-9(5-7)12-6-11-8/h1-2,5-6H,(H,11,12). The molecule has 2 nitrogen and oxygen atoms in total. The molecule has 0 amide bonds. The molecular formula is C9H5IN2S. The first-order valence-electron chi connectivity index (χ1n) is 3.62. The van der Waals surface area contributed by atoms with Gasteiger partial charge >= 0.3 is 0 Å². The van der Waals surface area contributed by atoms with Gasteiger partial charge in [0.15, 0.2) is 0 Å². The molecule has 0 saturated carbocycles. The van der Waals surface area contributed by atoms with Crippen molar-refractivity contribution in [1.29, 1.82) is 0 Å². The van der Waals surface area contributed by atoms with E-state index < -0.39 is 0 Å². The monoisotopic (exact) mass is 300 g/mol. The fourth-order valence-corrected chi connectivity index (χ4v) is 1.58. The quantitative estimate of drug-likeness (QED) is 0.598. The first-order chi connectivity index (χ1) is 6.40. The van der Waals surface area contributed by atoms with Crippen LogP contribution in [0.15, 0.2) is 24.5 Å². The highest BCUT2D eigenvalue weighted by Gasteiger charge is 1.94. The zero-order chi connectivity index (χ0) is 9.10. The van der Waals surface area contributed by atoms with Crippen LogP contribution < -0.4 is 0 Å². The van der Waals surface area contributed by atoms with Gasteiger partial charge in [-0.3, -0.25) is 0 Å². The van der Waals surface area contributed by atoms with Crippen LogP contribution in [0.2, 0.25) is 0 Å². The zero-order valence-electron chi connectivity index (χ0n) is 6.54. The summed E-state index contributed by atoms with van der Waals surface area (Å²) in [5, 5.41) is 2.94. The Labute approximate surface area is 92.1 Å². The average Bonchev–Trinajstić information content (AvgIpc) is 2.61. The maximum atomic E-state index is 4.13. The molecule has 0 aliphatic carbocycles. The van der Waals surface area contributed by atoms with E-state index >= 15 is 0 Å². The number of fused-ring (bicyclic) bond motifs is 1. The Kier molecular flexibility index (Phi) is 2.76. The highest BCUT2D eigenvalue weighted by molar-refractivity contribution is 14.2. The third kappa shape index (κ3) is 1.98. The first kappa shape index (κ1) is 8.91. The lowest BCUT2D eigenvalue weighted by atomic mass is 10.2. The number of halogens is 1. The van der Waals surface area contributed by atoms with Gasteiger partial charge in [0.25, 0.3) is 0 Å². The summed E-state index contributed by atoms with van der Waals surface area (Å²) in [6.07, 6.45) is 1.69. The van der Waals surface area contributed by atoms with E-state index in [9.17, 15) is 0 Å². The number of hydrogen-bond acceptors (Lipinski definition) is 2. The smallest absolute Gasteiger partial charge is 0.0931 e. The van der Waals surface area contributed by atoms with Gasteiger partial charge in [-0.1, -0.05) is 5.92 Å². The molecule has 2 rings (SSSR count). The molecule has 0 aliphatic rings. The maximum absolute atomic E-state index is 4.13. The summed E-state index contributed by atoms with van der Waals surface area (Å²) in [6, 6.07) is 5.94. The summed E-state index contributed by atoms with van der Waals surface area (Å²) in [7, 11) is 1.49. The summed E-state index contributed by atoms with van der Waals surface area (Å²) in [5.41, 5.74) is 3.03. The molecule has 1 N–H and O–H groups in total. The third-order valence-corrected chi connectivity index (χ3v) is 2.49. The van der Waals surface area contributed by atoms with Gasteiger partial charge in [-0.2, -0.15) is 0 Å². The number of nitrogens with zero attached hydrogens (tertiary/aromatic N) is 1. The number of aromatic amines is 1. The summed E-state index contributed by atoms with van der Waals surface area (Å²) in [4.78, 5) is 7.18. The Balaban J connectivity index is 2.48. The molecule has 0 aliphatic heterocycles. The van der Waals surface area contributed by atoms with E-state index in [2.05, 4.69) is 42.3 Å². The fourth-order valence-electron chi connectivity index (χ4n) is 1.09. The van der Waals surface area contributed by atoms with Crippen LogP contribution in [-0.4, -0.2) is 9.97 Å². The molecule has 0 saturated heterocycles. The summed E-state index contributed by atoms with van der Waals surface area (Å²) in [6.45, 7) is 0. The number of aromatic nitrogens is 2. The molecule has 0 spiro atoms. The minimum absolute atomic E-state index is 0.979. The lowest BCUT2D eigenvalue weighted by molar-refractivity contribution is 1.34. The van der Waals surface area contributed by atoms with Crippen molar-refractivity contribution in [2.45, 2.75) is 0 Å². The van der Waals surface area contributed by atoms with Crippen molar-refractivity contribution in [3.8, 4) is 11.2 Å². The van der Waals surface area contributed by atoms with Crippen molar-refractivity contribution >= 4 is 41.2 Å². The van der Waals surface area contributed by atoms with E-state index in [-0.39, 0.29) is 0 Å². The zero-order valence-corrected chi connectivity index (χ0v) is 9.52. The van der Waals surface area contributed by atoms with Gasteiger partial charge in [0.1, 0.15) is 0 Å². The van der Waals surface area contributed by atoms with Crippen LogP contribution >= 0.6 is 30.1 Å². The molecule has 2 aromatic rings. The van der Waals surface area contributed by atoms with Crippen molar-refractivity contribution in [2.75, 3.05) is 0 Å². The molecule has 13 heavy (non-hydrogen) atoms. The van der Waals surface area contributed by atoms with E-state index in [0.717, 1.165) is 16.6 Å². The highest BCUT2D eigenvalue weighted by atomic mass is 127. The molecule has 0 radical (unpaired) electrons. The molecule has 1 aromatic carbocycles. The van der Waals surface area contributed by atoms with E-state index in [1.165, 1.54) is 8.93 Å². The van der Waals surface area contributed by atoms with Crippen LogP contribution in [-0.2, 0) is 0 Å². The van der Waals surface area contributed by atoms with Crippen molar-refractivity contribution in [3.63, 3.8) is 0 Å². The minimum atomic E-state index is 0.979.